The number of hydrogen-bond donors (Lipinski definition) is 1. The van der Waals surface area contributed by atoms with Crippen molar-refractivity contribution < 1.29 is 19.4 Å². The summed E-state index contributed by atoms with van der Waals surface area (Å²) in [6.45, 7) is 0.255. The van der Waals surface area contributed by atoms with Crippen LogP contribution < -0.4 is 4.74 Å². The molecule has 0 aromatic heterocycles. The maximum Gasteiger partial charge on any atom is 0.339 e. The highest BCUT2D eigenvalue weighted by molar-refractivity contribution is 5.94. The molecule has 0 amide bonds. The first-order valence-electron chi connectivity index (χ1n) is 3.79. The lowest BCUT2D eigenvalue weighted by molar-refractivity contribution is 0.0535. The summed E-state index contributed by atoms with van der Waals surface area (Å²) in [4.78, 5) is 11.0. The van der Waals surface area contributed by atoms with Crippen LogP contribution in [0.15, 0.2) is 12.1 Å². The second-order valence-electron chi connectivity index (χ2n) is 2.76. The van der Waals surface area contributed by atoms with E-state index in [0.717, 1.165) is 5.56 Å². The Morgan fingerprint density at radius 2 is 2.31 bits per heavy atom. The third kappa shape index (κ3) is 1.11. The lowest BCUT2D eigenvalue weighted by Crippen LogP contribution is -1.93. The van der Waals surface area contributed by atoms with Gasteiger partial charge in [-0.2, -0.15) is 0 Å². The van der Waals surface area contributed by atoms with Crippen molar-refractivity contribution in [2.45, 2.75) is 6.61 Å². The van der Waals surface area contributed by atoms with Crippen LogP contribution in [0.25, 0.3) is 0 Å². The van der Waals surface area contributed by atoms with Crippen molar-refractivity contribution in [3.05, 3.63) is 23.3 Å². The van der Waals surface area contributed by atoms with Crippen LogP contribution in [0.2, 0.25) is 0 Å². The van der Waals surface area contributed by atoms with E-state index >= 15 is 0 Å². The van der Waals surface area contributed by atoms with Crippen LogP contribution in [0.1, 0.15) is 15.9 Å². The van der Waals surface area contributed by atoms with Gasteiger partial charge in [-0.1, -0.05) is 0 Å². The van der Waals surface area contributed by atoms with Crippen molar-refractivity contribution in [1.82, 2.24) is 0 Å². The van der Waals surface area contributed by atoms with E-state index in [-0.39, 0.29) is 12.4 Å². The molecule has 0 radical (unpaired) electrons. The summed E-state index contributed by atoms with van der Waals surface area (Å²) in [7, 11) is 1.46. The van der Waals surface area contributed by atoms with Gasteiger partial charge in [0.2, 0.25) is 0 Å². The lowest BCUT2D eigenvalue weighted by Gasteiger charge is -2.03. The number of benzene rings is 1. The van der Waals surface area contributed by atoms with Gasteiger partial charge in [-0.15, -0.1) is 0 Å². The number of cyclic esters (lactones) is 1. The molecule has 68 valence electrons. The molecule has 1 N–H and O–H groups in total. The van der Waals surface area contributed by atoms with E-state index in [9.17, 15) is 9.90 Å². The number of methoxy groups -OCH3 is 1. The summed E-state index contributed by atoms with van der Waals surface area (Å²) in [6, 6.07) is 2.97. The monoisotopic (exact) mass is 180 g/mol. The van der Waals surface area contributed by atoms with Crippen LogP contribution in [0, 0.1) is 0 Å². The number of phenolic OH excluding ortho intramolecular Hbond substituents is 1. The smallest absolute Gasteiger partial charge is 0.339 e. The van der Waals surface area contributed by atoms with Gasteiger partial charge < -0.3 is 14.6 Å². The average Bonchev–Trinajstić information content (AvgIpc) is 2.47. The minimum absolute atomic E-state index is 0.0416. The minimum atomic E-state index is -0.395. The van der Waals surface area contributed by atoms with Gasteiger partial charge in [-0.25, -0.2) is 4.79 Å². The topological polar surface area (TPSA) is 55.8 Å². The van der Waals surface area contributed by atoms with Gasteiger partial charge >= 0.3 is 5.97 Å². The Morgan fingerprint density at radius 3 is 3.00 bits per heavy atom. The number of carbonyl (C=O) groups is 1. The number of phenols is 1. The van der Waals surface area contributed by atoms with Gasteiger partial charge in [0.25, 0.3) is 0 Å². The second kappa shape index (κ2) is 2.65. The number of aromatic hydroxyl groups is 1. The summed E-state index contributed by atoms with van der Waals surface area (Å²) in [5, 5.41) is 9.36. The molecule has 1 heterocycles. The van der Waals surface area contributed by atoms with Crippen LogP contribution in [0.4, 0.5) is 0 Å². The van der Waals surface area contributed by atoms with Gasteiger partial charge in [-0.3, -0.25) is 0 Å². The SMILES string of the molecule is COc1cc2c(cc1O)C(=O)OC2. The fraction of sp³-hybridized carbons (Fsp3) is 0.222. The molecule has 0 saturated carbocycles. The van der Waals surface area contributed by atoms with Gasteiger partial charge in [0, 0.05) is 5.56 Å². The van der Waals surface area contributed by atoms with Gasteiger partial charge in [0.05, 0.1) is 12.7 Å². The third-order valence-corrected chi connectivity index (χ3v) is 1.98. The molecule has 1 aromatic rings. The maximum atomic E-state index is 11.0. The van der Waals surface area contributed by atoms with Gasteiger partial charge in [-0.05, 0) is 12.1 Å². The molecule has 2 rings (SSSR count). The van der Waals surface area contributed by atoms with Gasteiger partial charge in [0.1, 0.15) is 6.61 Å². The first kappa shape index (κ1) is 7.91. The molecule has 0 unspecified atom stereocenters. The number of fused-ring (bicyclic) bond motifs is 1. The molecule has 0 aliphatic carbocycles. The normalized spacial score (nSPS) is 13.8. The summed E-state index contributed by atoms with van der Waals surface area (Å²) in [5.74, 6) is -0.0786. The first-order chi connectivity index (χ1) is 6.22. The largest absolute Gasteiger partial charge is 0.504 e. The second-order valence-corrected chi connectivity index (χ2v) is 2.76. The molecule has 0 saturated heterocycles. The van der Waals surface area contributed by atoms with E-state index < -0.39 is 5.97 Å². The van der Waals surface area contributed by atoms with Crippen molar-refractivity contribution >= 4 is 5.97 Å². The maximum absolute atomic E-state index is 11.0. The average molecular weight is 180 g/mol. The molecule has 4 heteroatoms. The highest BCUT2D eigenvalue weighted by atomic mass is 16.5. The summed E-state index contributed by atoms with van der Waals surface area (Å²) in [5.41, 5.74) is 1.16. The Morgan fingerprint density at radius 1 is 1.54 bits per heavy atom. The van der Waals surface area contributed by atoms with E-state index in [1.807, 2.05) is 0 Å². The van der Waals surface area contributed by atoms with Crippen molar-refractivity contribution in [1.29, 1.82) is 0 Å². The molecule has 13 heavy (non-hydrogen) atoms. The standard InChI is InChI=1S/C9H8O4/c1-12-8-2-5-4-13-9(11)6(5)3-7(8)10/h2-3,10H,4H2,1H3. The van der Waals surface area contributed by atoms with E-state index in [2.05, 4.69) is 0 Å². The zero-order valence-corrected chi connectivity index (χ0v) is 7.03. The van der Waals surface area contributed by atoms with Crippen molar-refractivity contribution in [2.24, 2.45) is 0 Å². The zero-order valence-electron chi connectivity index (χ0n) is 7.03. The molecular weight excluding hydrogens is 172 g/mol. The Balaban J connectivity index is 2.56. The van der Waals surface area contributed by atoms with Crippen molar-refractivity contribution in [2.75, 3.05) is 7.11 Å². The van der Waals surface area contributed by atoms with Crippen LogP contribution in [-0.4, -0.2) is 18.2 Å². The Hall–Kier alpha value is -1.71. The molecule has 1 aliphatic rings. The predicted molar refractivity (Wildman–Crippen MR) is 43.8 cm³/mol. The number of ether oxygens (including phenoxy) is 2. The van der Waals surface area contributed by atoms with Crippen molar-refractivity contribution in [3.63, 3.8) is 0 Å². The minimum Gasteiger partial charge on any atom is -0.504 e. The summed E-state index contributed by atoms with van der Waals surface area (Å²) >= 11 is 0. The molecule has 1 aliphatic heterocycles. The van der Waals surface area contributed by atoms with Crippen molar-refractivity contribution in [3.8, 4) is 11.5 Å². The summed E-state index contributed by atoms with van der Waals surface area (Å²) < 4.78 is 9.66. The molecular formula is C9H8O4. The summed E-state index contributed by atoms with van der Waals surface area (Å²) in [6.07, 6.45) is 0. The molecule has 1 aromatic carbocycles. The highest BCUT2D eigenvalue weighted by Crippen LogP contribution is 2.32. The zero-order chi connectivity index (χ0) is 9.42. The van der Waals surface area contributed by atoms with E-state index in [4.69, 9.17) is 9.47 Å². The number of carbonyl (C=O) groups excluding carboxylic acids is 1. The fourth-order valence-corrected chi connectivity index (χ4v) is 1.30. The van der Waals surface area contributed by atoms with E-state index in [1.54, 1.807) is 6.07 Å². The third-order valence-electron chi connectivity index (χ3n) is 1.98. The molecule has 0 atom stereocenters. The quantitative estimate of drug-likeness (QED) is 0.657. The van der Waals surface area contributed by atoms with Crippen LogP contribution in [-0.2, 0) is 11.3 Å². The molecule has 0 spiro atoms. The Labute approximate surface area is 74.7 Å². The number of esters is 1. The number of rotatable bonds is 1. The first-order valence-corrected chi connectivity index (χ1v) is 3.79. The molecule has 4 nitrogen and oxygen atoms in total. The fourth-order valence-electron chi connectivity index (χ4n) is 1.30. The Bertz CT molecular complexity index is 370. The van der Waals surface area contributed by atoms with Crippen LogP contribution in [0.5, 0.6) is 11.5 Å². The van der Waals surface area contributed by atoms with Crippen LogP contribution in [0.3, 0.4) is 0 Å². The number of hydrogen-bond acceptors (Lipinski definition) is 4. The molecule has 0 fully saturated rings. The molecule has 0 bridgehead atoms. The lowest BCUT2D eigenvalue weighted by atomic mass is 10.1. The highest BCUT2D eigenvalue weighted by Gasteiger charge is 2.23. The van der Waals surface area contributed by atoms with E-state index in [0.29, 0.717) is 11.3 Å². The predicted octanol–water partition coefficient (Wildman–Crippen LogP) is 1.07. The van der Waals surface area contributed by atoms with Crippen LogP contribution >= 0.6 is 0 Å². The van der Waals surface area contributed by atoms with Gasteiger partial charge in [0.15, 0.2) is 11.5 Å². The van der Waals surface area contributed by atoms with E-state index in [1.165, 1.54) is 13.2 Å². The Kier molecular flexibility index (Phi) is 1.62.